The fraction of sp³-hybridized carbons (Fsp3) is 0.594. The molecule has 0 heterocycles. The Morgan fingerprint density at radius 1 is 0.902 bits per heavy atom. The lowest BCUT2D eigenvalue weighted by molar-refractivity contribution is -0.188. The fourth-order valence-corrected chi connectivity index (χ4v) is 5.60. The fourth-order valence-electron chi connectivity index (χ4n) is 4.20. The Balaban J connectivity index is 2.24. The molecule has 2 aromatic rings. The van der Waals surface area contributed by atoms with Gasteiger partial charge in [0.05, 0.1) is 52.2 Å². The predicted molar refractivity (Wildman–Crippen MR) is 164 cm³/mol. The number of hydroxylamine groups is 2. The van der Waals surface area contributed by atoms with Crippen molar-refractivity contribution < 1.29 is 33.0 Å². The molecule has 0 saturated heterocycles. The Morgan fingerprint density at radius 2 is 1.49 bits per heavy atom. The van der Waals surface area contributed by atoms with Crippen molar-refractivity contribution in [3.63, 3.8) is 0 Å². The van der Waals surface area contributed by atoms with E-state index >= 15 is 0 Å². The number of methoxy groups -OCH3 is 1. The summed E-state index contributed by atoms with van der Waals surface area (Å²) in [5.74, 6) is -0.0831. The Labute approximate surface area is 248 Å². The molecule has 0 fully saturated rings. The summed E-state index contributed by atoms with van der Waals surface area (Å²) in [4.78, 5) is 18.4. The van der Waals surface area contributed by atoms with E-state index in [2.05, 4.69) is 40.8 Å². The van der Waals surface area contributed by atoms with E-state index in [4.69, 9.17) is 28.2 Å². The molecule has 0 spiro atoms. The van der Waals surface area contributed by atoms with Crippen LogP contribution in [0.4, 0.5) is 0 Å². The van der Waals surface area contributed by atoms with E-state index in [1.165, 1.54) is 12.2 Å². The molecule has 9 heteroatoms. The zero-order valence-corrected chi connectivity index (χ0v) is 27.6. The second-order valence-electron chi connectivity index (χ2n) is 12.0. The highest BCUT2D eigenvalue weighted by molar-refractivity contribution is 6.74. The monoisotopic (exact) mass is 589 g/mol. The number of ether oxygens (including phenoxy) is 4. The highest BCUT2D eigenvalue weighted by atomic mass is 28.4. The summed E-state index contributed by atoms with van der Waals surface area (Å²) in [5.41, 5.74) is 2.09. The van der Waals surface area contributed by atoms with Crippen LogP contribution in [0.5, 0.6) is 5.75 Å². The van der Waals surface area contributed by atoms with Crippen molar-refractivity contribution >= 4 is 14.2 Å². The average Bonchev–Trinajstić information content (AvgIpc) is 2.95. The first-order valence-electron chi connectivity index (χ1n) is 14.2. The Kier molecular flexibility index (Phi) is 14.0. The molecule has 2 rings (SSSR count). The van der Waals surface area contributed by atoms with Gasteiger partial charge in [0.1, 0.15) is 12.5 Å². The Hall–Kier alpha value is -2.27. The zero-order chi connectivity index (χ0) is 30.6. The van der Waals surface area contributed by atoms with Gasteiger partial charge in [-0.15, -0.1) is 0 Å². The van der Waals surface area contributed by atoms with Crippen LogP contribution < -0.4 is 4.74 Å². The first kappa shape index (κ1) is 34.9. The summed E-state index contributed by atoms with van der Waals surface area (Å²) >= 11 is 0. The number of rotatable bonds is 17. The summed E-state index contributed by atoms with van der Waals surface area (Å²) in [6.45, 7) is 16.2. The van der Waals surface area contributed by atoms with Gasteiger partial charge >= 0.3 is 0 Å². The Bertz CT molecular complexity index is 1030. The maximum Gasteiger partial charge on any atom is 0.251 e. The van der Waals surface area contributed by atoms with Crippen LogP contribution in [-0.4, -0.2) is 66.2 Å². The maximum absolute atomic E-state index is 13.2. The highest BCUT2D eigenvalue weighted by Crippen LogP contribution is 2.39. The minimum Gasteiger partial charge on any atom is -0.497 e. The van der Waals surface area contributed by atoms with E-state index < -0.39 is 20.3 Å². The van der Waals surface area contributed by atoms with Crippen molar-refractivity contribution in [3.8, 4) is 5.75 Å². The molecule has 41 heavy (non-hydrogen) atoms. The van der Waals surface area contributed by atoms with Gasteiger partial charge in [0.25, 0.3) is 5.91 Å². The first-order valence-corrected chi connectivity index (χ1v) is 17.1. The van der Waals surface area contributed by atoms with E-state index in [0.29, 0.717) is 19.8 Å². The molecular weight excluding hydrogens is 538 g/mol. The van der Waals surface area contributed by atoms with Crippen LogP contribution in [0.3, 0.4) is 0 Å². The number of amides is 1. The molecule has 1 amide bonds. The summed E-state index contributed by atoms with van der Waals surface area (Å²) < 4.78 is 30.6. The molecule has 0 aliphatic rings. The molecule has 230 valence electrons. The van der Waals surface area contributed by atoms with Gasteiger partial charge in [-0.3, -0.25) is 9.63 Å². The maximum atomic E-state index is 13.2. The molecule has 0 aliphatic heterocycles. The van der Waals surface area contributed by atoms with Crippen LogP contribution in [0.1, 0.15) is 45.7 Å². The summed E-state index contributed by atoms with van der Waals surface area (Å²) in [6.07, 6.45) is -0.813. The smallest absolute Gasteiger partial charge is 0.251 e. The van der Waals surface area contributed by atoms with Gasteiger partial charge in [-0.05, 0) is 41.4 Å². The van der Waals surface area contributed by atoms with Gasteiger partial charge in [0.15, 0.2) is 8.32 Å². The largest absolute Gasteiger partial charge is 0.497 e. The number of benzene rings is 2. The van der Waals surface area contributed by atoms with Crippen molar-refractivity contribution in [2.45, 2.75) is 78.2 Å². The molecule has 0 unspecified atom stereocenters. The molecule has 0 saturated carbocycles. The zero-order valence-electron chi connectivity index (χ0n) is 26.6. The van der Waals surface area contributed by atoms with E-state index in [9.17, 15) is 4.79 Å². The van der Waals surface area contributed by atoms with Crippen LogP contribution in [0.15, 0.2) is 54.6 Å². The second-order valence-corrected chi connectivity index (χ2v) is 16.8. The van der Waals surface area contributed by atoms with E-state index in [-0.39, 0.29) is 29.8 Å². The molecular formula is C32H51NO7Si. The van der Waals surface area contributed by atoms with Gasteiger partial charge in [-0.2, -0.15) is 0 Å². The number of carbonyl (C=O) groups excluding carboxylic acids is 1. The summed E-state index contributed by atoms with van der Waals surface area (Å²) in [6, 6.07) is 17.7. The number of carbonyl (C=O) groups is 1. The number of hydrogen-bond acceptors (Lipinski definition) is 7. The third-order valence-electron chi connectivity index (χ3n) is 7.99. The van der Waals surface area contributed by atoms with Crippen molar-refractivity contribution in [3.05, 3.63) is 65.7 Å². The van der Waals surface area contributed by atoms with Crippen LogP contribution >= 0.6 is 0 Å². The molecule has 0 bridgehead atoms. The molecule has 0 radical (unpaired) electrons. The lowest BCUT2D eigenvalue weighted by Crippen LogP contribution is -2.51. The van der Waals surface area contributed by atoms with Crippen molar-refractivity contribution in [2.24, 2.45) is 11.8 Å². The van der Waals surface area contributed by atoms with Crippen LogP contribution in [-0.2, 0) is 41.5 Å². The van der Waals surface area contributed by atoms with Crippen LogP contribution in [0.25, 0.3) is 0 Å². The molecule has 0 N–H and O–H groups in total. The topological polar surface area (TPSA) is 75.7 Å². The quantitative estimate of drug-likeness (QED) is 0.0908. The third-order valence-corrected chi connectivity index (χ3v) is 12.5. The molecule has 0 aliphatic carbocycles. The minimum atomic E-state index is -2.19. The van der Waals surface area contributed by atoms with Gasteiger partial charge in [-0.25, -0.2) is 5.06 Å². The predicted octanol–water partition coefficient (Wildman–Crippen LogP) is 6.45. The molecule has 0 aromatic heterocycles. The van der Waals surface area contributed by atoms with Gasteiger partial charge in [0, 0.05) is 13.0 Å². The summed E-state index contributed by atoms with van der Waals surface area (Å²) in [7, 11) is 2.54. The van der Waals surface area contributed by atoms with Gasteiger partial charge in [-0.1, -0.05) is 77.1 Å². The van der Waals surface area contributed by atoms with Crippen molar-refractivity contribution in [2.75, 3.05) is 34.7 Å². The number of nitrogens with zero attached hydrogens (tertiary/aromatic N) is 1. The minimum absolute atomic E-state index is 0.00614. The molecule has 8 nitrogen and oxygen atoms in total. The number of hydrogen-bond donors (Lipinski definition) is 0. The summed E-state index contributed by atoms with van der Waals surface area (Å²) in [5, 5.41) is 1.23. The second kappa shape index (κ2) is 16.4. The van der Waals surface area contributed by atoms with Gasteiger partial charge in [0.2, 0.25) is 0 Å². The third kappa shape index (κ3) is 10.8. The van der Waals surface area contributed by atoms with Crippen LogP contribution in [0.2, 0.25) is 18.1 Å². The lowest BCUT2D eigenvalue weighted by Gasteiger charge is -2.43. The van der Waals surface area contributed by atoms with E-state index in [1.54, 1.807) is 14.2 Å². The van der Waals surface area contributed by atoms with E-state index in [0.717, 1.165) is 16.9 Å². The van der Waals surface area contributed by atoms with Crippen molar-refractivity contribution in [1.82, 2.24) is 5.06 Å². The molecule has 4 atom stereocenters. The first-order chi connectivity index (χ1) is 19.3. The highest BCUT2D eigenvalue weighted by Gasteiger charge is 2.43. The lowest BCUT2D eigenvalue weighted by atomic mass is 9.88. The van der Waals surface area contributed by atoms with Crippen molar-refractivity contribution in [1.29, 1.82) is 0 Å². The average molecular weight is 590 g/mol. The van der Waals surface area contributed by atoms with E-state index in [1.807, 2.05) is 61.5 Å². The standard InChI is InChI=1S/C32H51NO7Si/c1-24(30(25(2)31(34)33(6)36-8)39-23-38-21-26-14-12-11-13-15-26)29(40-41(9,10)32(3,4)5)22-37-20-27-16-18-28(35-7)19-17-27/h11-19,24-25,29-30H,20-23H2,1-10H3/t24-,25-,29+,30-/m0/s1. The SMILES string of the molecule is COc1ccc(COC[C@@H](O[Si](C)(C)C(C)(C)C)[C@H](C)[C@H](OCOCc2ccccc2)[C@H](C)C(=O)N(C)OC)cc1. The normalized spacial score (nSPS) is 15.2. The Morgan fingerprint density at radius 3 is 2.05 bits per heavy atom. The van der Waals surface area contributed by atoms with Gasteiger partial charge < -0.3 is 23.4 Å². The molecule has 2 aromatic carbocycles. The van der Waals surface area contributed by atoms with Crippen LogP contribution in [0, 0.1) is 11.8 Å².